The Labute approximate surface area is 148 Å². The van der Waals surface area contributed by atoms with Crippen molar-refractivity contribution in [3.63, 3.8) is 0 Å². The lowest BCUT2D eigenvalue weighted by Crippen LogP contribution is -2.47. The highest BCUT2D eigenvalue weighted by Gasteiger charge is 2.23. The summed E-state index contributed by atoms with van der Waals surface area (Å²) in [6.07, 6.45) is 6.99. The Balaban J connectivity index is 1.50. The highest BCUT2D eigenvalue weighted by atomic mass is 16.6. The number of carbonyl (C=O) groups is 1. The second-order valence-electron chi connectivity index (χ2n) is 6.72. The quantitative estimate of drug-likeness (QED) is 0.586. The predicted octanol–water partition coefficient (Wildman–Crippen LogP) is 3.18. The smallest absolute Gasteiger partial charge is 0.292 e. The van der Waals surface area contributed by atoms with E-state index in [4.69, 9.17) is 0 Å². The van der Waals surface area contributed by atoms with Gasteiger partial charge < -0.3 is 4.90 Å². The minimum atomic E-state index is -0.321. The van der Waals surface area contributed by atoms with E-state index >= 15 is 0 Å². The van der Waals surface area contributed by atoms with Gasteiger partial charge in [-0.1, -0.05) is 18.2 Å². The normalized spacial score (nSPS) is 18.7. The molecule has 25 heavy (non-hydrogen) atoms. The summed E-state index contributed by atoms with van der Waals surface area (Å²) in [5.74, 6) is 0.292. The van der Waals surface area contributed by atoms with Gasteiger partial charge in [0.1, 0.15) is 5.69 Å². The van der Waals surface area contributed by atoms with Gasteiger partial charge in [0.25, 0.3) is 5.69 Å². The average Bonchev–Trinajstić information content (AvgIpc) is 2.67. The second kappa shape index (κ2) is 8.25. The van der Waals surface area contributed by atoms with E-state index in [9.17, 15) is 14.9 Å². The summed E-state index contributed by atoms with van der Waals surface area (Å²) in [6.45, 7) is 3.95. The standard InChI is InChI=1S/C19H25N3O3/c23-19(16-6-2-1-3-7-16)10-11-20-12-14-21(15-13-20)17-8-4-5-9-18(17)22(24)25/h4-6,8-9H,1-3,7,10-15H2. The van der Waals surface area contributed by atoms with Crippen molar-refractivity contribution in [3.8, 4) is 0 Å². The Bertz CT molecular complexity index is 664. The number of nitrogens with zero attached hydrogens (tertiary/aromatic N) is 3. The van der Waals surface area contributed by atoms with Crippen molar-refractivity contribution in [2.75, 3.05) is 37.6 Å². The molecule has 1 saturated heterocycles. The van der Waals surface area contributed by atoms with Crippen LogP contribution >= 0.6 is 0 Å². The first-order valence-electron chi connectivity index (χ1n) is 9.08. The van der Waals surface area contributed by atoms with Crippen LogP contribution in [0.3, 0.4) is 0 Å². The SMILES string of the molecule is O=C(CCN1CCN(c2ccccc2[N+](=O)[O-])CC1)C1=CCCCC1. The fourth-order valence-electron chi connectivity index (χ4n) is 3.61. The fourth-order valence-corrected chi connectivity index (χ4v) is 3.61. The monoisotopic (exact) mass is 343 g/mol. The molecule has 1 aliphatic heterocycles. The van der Waals surface area contributed by atoms with Gasteiger partial charge in [0, 0.05) is 45.2 Å². The summed E-state index contributed by atoms with van der Waals surface area (Å²) in [4.78, 5) is 27.5. The Morgan fingerprint density at radius 1 is 1.12 bits per heavy atom. The summed E-state index contributed by atoms with van der Waals surface area (Å²) >= 11 is 0. The molecule has 1 aliphatic carbocycles. The molecular formula is C19H25N3O3. The minimum Gasteiger partial charge on any atom is -0.363 e. The molecule has 0 spiro atoms. The molecule has 1 aromatic carbocycles. The van der Waals surface area contributed by atoms with Crippen LogP contribution in [0.4, 0.5) is 11.4 Å². The summed E-state index contributed by atoms with van der Waals surface area (Å²) in [6, 6.07) is 6.90. The zero-order valence-corrected chi connectivity index (χ0v) is 14.5. The third-order valence-electron chi connectivity index (χ3n) is 5.10. The first-order valence-corrected chi connectivity index (χ1v) is 9.08. The van der Waals surface area contributed by atoms with Crippen LogP contribution in [0.15, 0.2) is 35.9 Å². The van der Waals surface area contributed by atoms with Gasteiger partial charge in [-0.2, -0.15) is 0 Å². The van der Waals surface area contributed by atoms with Crippen molar-refractivity contribution in [3.05, 3.63) is 46.0 Å². The number of anilines is 1. The lowest BCUT2D eigenvalue weighted by molar-refractivity contribution is -0.384. The second-order valence-corrected chi connectivity index (χ2v) is 6.72. The van der Waals surface area contributed by atoms with Gasteiger partial charge in [0.2, 0.25) is 0 Å². The molecule has 6 heteroatoms. The first-order chi connectivity index (χ1) is 12.1. The van der Waals surface area contributed by atoms with Crippen molar-refractivity contribution in [2.45, 2.75) is 32.1 Å². The van der Waals surface area contributed by atoms with Crippen molar-refractivity contribution in [2.24, 2.45) is 0 Å². The molecule has 0 N–H and O–H groups in total. The molecule has 2 aliphatic rings. The zero-order chi connectivity index (χ0) is 17.6. The van der Waals surface area contributed by atoms with Crippen molar-refractivity contribution in [1.29, 1.82) is 0 Å². The van der Waals surface area contributed by atoms with E-state index in [1.54, 1.807) is 12.1 Å². The number of nitro groups is 1. The van der Waals surface area contributed by atoms with Crippen LogP contribution in [0.25, 0.3) is 0 Å². The molecule has 6 nitrogen and oxygen atoms in total. The molecule has 0 aromatic heterocycles. The largest absolute Gasteiger partial charge is 0.363 e. The van der Waals surface area contributed by atoms with Gasteiger partial charge in [-0.3, -0.25) is 19.8 Å². The highest BCUT2D eigenvalue weighted by molar-refractivity contribution is 5.95. The Kier molecular flexibility index (Phi) is 5.81. The van der Waals surface area contributed by atoms with Crippen LogP contribution in [0, 0.1) is 10.1 Å². The van der Waals surface area contributed by atoms with Gasteiger partial charge in [-0.15, -0.1) is 0 Å². The molecule has 1 heterocycles. The molecule has 0 saturated carbocycles. The number of rotatable bonds is 6. The third kappa shape index (κ3) is 4.45. The number of piperazine rings is 1. The summed E-state index contributed by atoms with van der Waals surface area (Å²) in [7, 11) is 0. The summed E-state index contributed by atoms with van der Waals surface area (Å²) in [5.41, 5.74) is 1.87. The third-order valence-corrected chi connectivity index (χ3v) is 5.10. The molecular weight excluding hydrogens is 318 g/mol. The average molecular weight is 343 g/mol. The number of carbonyl (C=O) groups excluding carboxylic acids is 1. The Hall–Kier alpha value is -2.21. The van der Waals surface area contributed by atoms with Crippen LogP contribution in [0.1, 0.15) is 32.1 Å². The van der Waals surface area contributed by atoms with E-state index in [0.29, 0.717) is 17.9 Å². The van der Waals surface area contributed by atoms with Crippen LogP contribution in [0.2, 0.25) is 0 Å². The number of allylic oxidation sites excluding steroid dienone is 2. The van der Waals surface area contributed by atoms with Gasteiger partial charge in [-0.25, -0.2) is 0 Å². The lowest BCUT2D eigenvalue weighted by atomic mass is 9.95. The van der Waals surface area contributed by atoms with Crippen LogP contribution in [-0.4, -0.2) is 48.3 Å². The predicted molar refractivity (Wildman–Crippen MR) is 97.9 cm³/mol. The summed E-state index contributed by atoms with van der Waals surface area (Å²) < 4.78 is 0. The number of ketones is 1. The Morgan fingerprint density at radius 3 is 2.56 bits per heavy atom. The minimum absolute atomic E-state index is 0.162. The molecule has 0 atom stereocenters. The van der Waals surface area contributed by atoms with Crippen LogP contribution in [0.5, 0.6) is 0 Å². The van der Waals surface area contributed by atoms with Crippen molar-refractivity contribution < 1.29 is 9.72 Å². The number of hydrogen-bond donors (Lipinski definition) is 0. The van der Waals surface area contributed by atoms with Crippen LogP contribution in [-0.2, 0) is 4.79 Å². The van der Waals surface area contributed by atoms with Crippen LogP contribution < -0.4 is 4.90 Å². The Morgan fingerprint density at radius 2 is 1.88 bits per heavy atom. The maximum absolute atomic E-state index is 12.3. The maximum Gasteiger partial charge on any atom is 0.292 e. The number of nitro benzene ring substituents is 1. The van der Waals surface area contributed by atoms with Gasteiger partial charge >= 0.3 is 0 Å². The maximum atomic E-state index is 12.3. The summed E-state index contributed by atoms with van der Waals surface area (Å²) in [5, 5.41) is 11.2. The molecule has 1 fully saturated rings. The number of para-hydroxylation sites is 2. The van der Waals surface area contributed by atoms with E-state index < -0.39 is 0 Å². The van der Waals surface area contributed by atoms with Gasteiger partial charge in [-0.05, 0) is 37.3 Å². The highest BCUT2D eigenvalue weighted by Crippen LogP contribution is 2.28. The topological polar surface area (TPSA) is 66.7 Å². The van der Waals surface area contributed by atoms with E-state index in [1.165, 1.54) is 6.42 Å². The molecule has 0 amide bonds. The molecule has 134 valence electrons. The molecule has 0 bridgehead atoms. The van der Waals surface area contributed by atoms with E-state index in [-0.39, 0.29) is 10.6 Å². The van der Waals surface area contributed by atoms with E-state index in [0.717, 1.165) is 57.6 Å². The van der Waals surface area contributed by atoms with Crippen molar-refractivity contribution in [1.82, 2.24) is 4.90 Å². The fraction of sp³-hybridized carbons (Fsp3) is 0.526. The molecule has 0 radical (unpaired) electrons. The molecule has 1 aromatic rings. The lowest BCUT2D eigenvalue weighted by Gasteiger charge is -2.35. The van der Waals surface area contributed by atoms with Gasteiger partial charge in [0.15, 0.2) is 5.78 Å². The zero-order valence-electron chi connectivity index (χ0n) is 14.5. The number of Topliss-reactive ketones (excluding diaryl/α,β-unsaturated/α-hetero) is 1. The van der Waals surface area contributed by atoms with Gasteiger partial charge in [0.05, 0.1) is 4.92 Å². The molecule has 0 unspecified atom stereocenters. The van der Waals surface area contributed by atoms with E-state index in [1.807, 2.05) is 12.1 Å². The number of benzene rings is 1. The van der Waals surface area contributed by atoms with Crippen molar-refractivity contribution >= 4 is 17.2 Å². The van der Waals surface area contributed by atoms with E-state index in [2.05, 4.69) is 15.9 Å². The first kappa shape index (κ1) is 17.6. The number of hydrogen-bond acceptors (Lipinski definition) is 5. The molecule has 3 rings (SSSR count).